The third-order valence-electron chi connectivity index (χ3n) is 8.00. The van der Waals surface area contributed by atoms with E-state index in [1.807, 2.05) is 26.8 Å². The number of nitrogens with zero attached hydrogens (tertiary/aromatic N) is 2. The molecule has 45 heavy (non-hydrogen) atoms. The third kappa shape index (κ3) is 6.32. The molecule has 10 nitrogen and oxygen atoms in total. The fourth-order valence-corrected chi connectivity index (χ4v) is 6.70. The molecule has 0 aliphatic carbocycles. The number of pyridine rings is 2. The van der Waals surface area contributed by atoms with Crippen molar-refractivity contribution in [2.45, 2.75) is 91.2 Å². The molecule has 0 N–H and O–H groups in total. The van der Waals surface area contributed by atoms with Crippen molar-refractivity contribution in [3.05, 3.63) is 56.9 Å². The molecule has 0 spiro atoms. The van der Waals surface area contributed by atoms with Gasteiger partial charge in [0.05, 0.1) is 29.0 Å². The fraction of sp³-hybridized carbons (Fsp3) is 0.500. The summed E-state index contributed by atoms with van der Waals surface area (Å²) in [5, 5.41) is 0.842. The molecule has 0 fully saturated rings. The average Bonchev–Trinajstić information content (AvgIpc) is 3.33. The molecule has 1 aromatic carbocycles. The number of aromatic nitrogens is 2. The van der Waals surface area contributed by atoms with E-state index in [9.17, 15) is 19.2 Å². The van der Waals surface area contributed by atoms with E-state index < -0.39 is 17.7 Å². The van der Waals surface area contributed by atoms with Gasteiger partial charge in [-0.05, 0) is 48.6 Å². The first kappa shape index (κ1) is 32.5. The lowest BCUT2D eigenvalue weighted by Crippen LogP contribution is -2.47. The number of rotatable bonds is 9. The molecule has 0 amide bonds. The summed E-state index contributed by atoms with van der Waals surface area (Å²) >= 11 is 1.64. The first-order valence-electron chi connectivity index (χ1n) is 15.4. The van der Waals surface area contributed by atoms with E-state index in [4.69, 9.17) is 23.9 Å². The number of hydrogen-bond donors (Lipinski definition) is 0. The fourth-order valence-electron chi connectivity index (χ4n) is 5.92. The number of aryl methyl sites for hydroxylation is 1. The molecule has 4 heterocycles. The number of thioether (sulfide) groups is 1. The second-order valence-corrected chi connectivity index (χ2v) is 14.7. The summed E-state index contributed by atoms with van der Waals surface area (Å²) < 4.78 is 23.7. The Labute approximate surface area is 266 Å². The Kier molecular flexibility index (Phi) is 9.04. The SMILES string of the molecule is CCc1c2c(nc3ccc(OC(=O)CC(C)C)cc13)-c1cc3c(c(=O)n1C2)COC(=O)[C@@]3(CC)OC(=O)OCCSC(C)(C)C. The minimum absolute atomic E-state index is 0.00243. The van der Waals surface area contributed by atoms with Crippen molar-refractivity contribution in [2.75, 3.05) is 12.4 Å². The molecule has 5 rings (SSSR count). The third-order valence-corrected chi connectivity index (χ3v) is 9.24. The zero-order valence-electron chi connectivity index (χ0n) is 26.9. The zero-order chi connectivity index (χ0) is 32.7. The van der Waals surface area contributed by atoms with Crippen LogP contribution in [0.3, 0.4) is 0 Å². The molecule has 0 bridgehead atoms. The maximum Gasteiger partial charge on any atom is 0.509 e. The highest BCUT2D eigenvalue weighted by atomic mass is 32.2. The van der Waals surface area contributed by atoms with Gasteiger partial charge in [-0.15, -0.1) is 0 Å². The Hall–Kier alpha value is -3.86. The van der Waals surface area contributed by atoms with Gasteiger partial charge in [-0.1, -0.05) is 48.5 Å². The quantitative estimate of drug-likeness (QED) is 0.118. The van der Waals surface area contributed by atoms with Gasteiger partial charge in [-0.2, -0.15) is 11.8 Å². The standard InChI is InChI=1S/C34H40N2O8S/c1-8-21-22-15-20(43-28(37)14-19(3)4)10-11-26(22)35-29-23(21)17-36-27(29)16-25-24(30(36)38)18-42-31(39)34(25,9-2)44-32(40)41-12-13-45-33(5,6)7/h10-11,15-16,19H,8-9,12-14,17-18H2,1-7H3/t34-/m0/s1. The summed E-state index contributed by atoms with van der Waals surface area (Å²) in [6.45, 7) is 14.0. The van der Waals surface area contributed by atoms with Crippen molar-refractivity contribution < 1.29 is 33.3 Å². The van der Waals surface area contributed by atoms with Crippen molar-refractivity contribution >= 4 is 40.8 Å². The van der Waals surface area contributed by atoms with Crippen LogP contribution in [-0.4, -0.2) is 44.8 Å². The Balaban J connectivity index is 1.53. The molecule has 0 unspecified atom stereocenters. The van der Waals surface area contributed by atoms with Gasteiger partial charge in [0.25, 0.3) is 5.56 Å². The molecule has 2 aliphatic rings. The number of benzene rings is 1. The van der Waals surface area contributed by atoms with E-state index in [0.717, 1.165) is 16.5 Å². The van der Waals surface area contributed by atoms with Crippen LogP contribution in [0, 0.1) is 5.92 Å². The Bertz CT molecular complexity index is 1740. The van der Waals surface area contributed by atoms with Crippen LogP contribution >= 0.6 is 11.8 Å². The minimum atomic E-state index is -1.83. The van der Waals surface area contributed by atoms with Gasteiger partial charge < -0.3 is 23.5 Å². The molecule has 0 radical (unpaired) electrons. The normalized spacial score (nSPS) is 17.0. The molecule has 1 atom stereocenters. The molecular formula is C34H40N2O8S. The highest BCUT2D eigenvalue weighted by molar-refractivity contribution is 8.00. The zero-order valence-corrected chi connectivity index (χ0v) is 27.7. The minimum Gasteiger partial charge on any atom is -0.457 e. The number of ether oxygens (including phenoxy) is 4. The predicted molar refractivity (Wildman–Crippen MR) is 171 cm³/mol. The van der Waals surface area contributed by atoms with Gasteiger partial charge in [-0.25, -0.2) is 14.6 Å². The Morgan fingerprint density at radius 3 is 2.56 bits per heavy atom. The van der Waals surface area contributed by atoms with Crippen molar-refractivity contribution in [3.63, 3.8) is 0 Å². The first-order chi connectivity index (χ1) is 21.3. The van der Waals surface area contributed by atoms with E-state index in [1.165, 1.54) is 0 Å². The maximum absolute atomic E-state index is 13.9. The number of carbonyl (C=O) groups is 3. The van der Waals surface area contributed by atoms with Crippen LogP contribution in [0.4, 0.5) is 4.79 Å². The summed E-state index contributed by atoms with van der Waals surface area (Å²) in [4.78, 5) is 57.4. The lowest BCUT2D eigenvalue weighted by Gasteiger charge is -2.35. The number of cyclic esters (lactones) is 1. The van der Waals surface area contributed by atoms with Crippen molar-refractivity contribution in [3.8, 4) is 17.1 Å². The Morgan fingerprint density at radius 1 is 1.13 bits per heavy atom. The largest absolute Gasteiger partial charge is 0.509 e. The van der Waals surface area contributed by atoms with Crippen LogP contribution in [0.1, 0.15) is 83.6 Å². The van der Waals surface area contributed by atoms with Crippen molar-refractivity contribution in [2.24, 2.45) is 5.92 Å². The molecule has 2 aromatic heterocycles. The highest BCUT2D eigenvalue weighted by Crippen LogP contribution is 2.42. The number of fused-ring (bicyclic) bond motifs is 5. The second kappa shape index (κ2) is 12.5. The number of hydrogen-bond acceptors (Lipinski definition) is 10. The molecule has 3 aromatic rings. The molecule has 2 aliphatic heterocycles. The topological polar surface area (TPSA) is 123 Å². The molecule has 0 saturated carbocycles. The van der Waals surface area contributed by atoms with Crippen molar-refractivity contribution in [1.82, 2.24) is 9.55 Å². The smallest absolute Gasteiger partial charge is 0.457 e. The number of carbonyl (C=O) groups excluding carboxylic acids is 3. The maximum atomic E-state index is 13.9. The predicted octanol–water partition coefficient (Wildman–Crippen LogP) is 6.29. The van der Waals surface area contributed by atoms with E-state index >= 15 is 0 Å². The van der Waals surface area contributed by atoms with E-state index in [2.05, 4.69) is 20.8 Å². The highest BCUT2D eigenvalue weighted by Gasteiger charge is 2.51. The van der Waals surface area contributed by atoms with Crippen LogP contribution < -0.4 is 10.3 Å². The first-order valence-corrected chi connectivity index (χ1v) is 16.4. The summed E-state index contributed by atoms with van der Waals surface area (Å²) in [5.74, 6) is 0.133. The van der Waals surface area contributed by atoms with Crippen LogP contribution in [-0.2, 0) is 49.0 Å². The van der Waals surface area contributed by atoms with Crippen LogP contribution in [0.5, 0.6) is 5.75 Å². The molecule has 0 saturated heterocycles. The summed E-state index contributed by atoms with van der Waals surface area (Å²) in [6, 6.07) is 7.07. The lowest BCUT2D eigenvalue weighted by molar-refractivity contribution is -0.175. The monoisotopic (exact) mass is 636 g/mol. The van der Waals surface area contributed by atoms with Crippen LogP contribution in [0.15, 0.2) is 29.1 Å². The molecule has 11 heteroatoms. The van der Waals surface area contributed by atoms with Crippen molar-refractivity contribution in [1.29, 1.82) is 0 Å². The second-order valence-electron chi connectivity index (χ2n) is 12.8. The summed E-state index contributed by atoms with van der Waals surface area (Å²) in [6.07, 6.45) is 0.00684. The van der Waals surface area contributed by atoms with Gasteiger partial charge >= 0.3 is 18.1 Å². The Morgan fingerprint density at radius 2 is 1.89 bits per heavy atom. The number of esters is 2. The molecular weight excluding hydrogens is 596 g/mol. The van der Waals surface area contributed by atoms with Gasteiger partial charge in [0.15, 0.2) is 0 Å². The van der Waals surface area contributed by atoms with Gasteiger partial charge in [-0.3, -0.25) is 9.59 Å². The summed E-state index contributed by atoms with van der Waals surface area (Å²) in [7, 11) is 0. The van der Waals surface area contributed by atoms with Gasteiger partial charge in [0, 0.05) is 33.4 Å². The van der Waals surface area contributed by atoms with Gasteiger partial charge in [0.1, 0.15) is 19.0 Å². The summed E-state index contributed by atoms with van der Waals surface area (Å²) in [5.41, 5.74) is 2.07. The van der Waals surface area contributed by atoms with E-state index in [0.29, 0.717) is 46.8 Å². The van der Waals surface area contributed by atoms with Crippen LogP contribution in [0.25, 0.3) is 22.3 Å². The lowest BCUT2D eigenvalue weighted by atomic mass is 9.85. The van der Waals surface area contributed by atoms with E-state index in [1.54, 1.807) is 41.5 Å². The van der Waals surface area contributed by atoms with Crippen LogP contribution in [0.2, 0.25) is 0 Å². The molecule has 240 valence electrons. The van der Waals surface area contributed by atoms with E-state index in [-0.39, 0.29) is 53.9 Å². The van der Waals surface area contributed by atoms with Gasteiger partial charge in [0.2, 0.25) is 5.60 Å². The average molecular weight is 637 g/mol.